The molecule has 0 saturated carbocycles. The van der Waals surface area contributed by atoms with Crippen molar-refractivity contribution in [2.45, 2.75) is 19.9 Å². The van der Waals surface area contributed by atoms with Gasteiger partial charge in [-0.15, -0.1) is 11.3 Å². The molecule has 31 heavy (non-hydrogen) atoms. The highest BCUT2D eigenvalue weighted by Crippen LogP contribution is 2.33. The third-order valence-corrected chi connectivity index (χ3v) is 6.95. The van der Waals surface area contributed by atoms with Gasteiger partial charge in [-0.05, 0) is 49.6 Å². The van der Waals surface area contributed by atoms with Crippen molar-refractivity contribution in [3.05, 3.63) is 82.1 Å². The fourth-order valence-electron chi connectivity index (χ4n) is 3.47. The lowest BCUT2D eigenvalue weighted by atomic mass is 10.0. The second-order valence-electron chi connectivity index (χ2n) is 6.70. The number of rotatable bonds is 5. The number of esters is 1. The average molecular weight is 475 g/mol. The molecule has 1 aliphatic rings. The maximum absolute atomic E-state index is 13.5. The van der Waals surface area contributed by atoms with E-state index in [9.17, 15) is 9.59 Å². The molecule has 160 valence electrons. The standard InChI is InChI=1S/C22H19ClN2O4S2/c1-4-29-21(27)18-12(2)24-22-25(19(18)16-6-5-9-30-16)20(26)17(31-22)11-13-10-14(23)7-8-15(13)28-3/h5-11,19H,4H2,1-3H3/b17-11-/t19-/m1/s1. The summed E-state index contributed by atoms with van der Waals surface area (Å²) in [7, 11) is 1.56. The average Bonchev–Trinajstić information content (AvgIpc) is 3.36. The van der Waals surface area contributed by atoms with E-state index < -0.39 is 12.0 Å². The summed E-state index contributed by atoms with van der Waals surface area (Å²) < 4.78 is 12.7. The minimum atomic E-state index is -0.585. The number of hydrogen-bond donors (Lipinski definition) is 0. The Balaban J connectivity index is 1.96. The number of halogens is 1. The van der Waals surface area contributed by atoms with E-state index in [1.807, 2.05) is 17.5 Å². The van der Waals surface area contributed by atoms with Gasteiger partial charge in [-0.3, -0.25) is 9.36 Å². The molecule has 0 radical (unpaired) electrons. The van der Waals surface area contributed by atoms with Crippen LogP contribution in [0, 0.1) is 0 Å². The molecule has 0 amide bonds. The van der Waals surface area contributed by atoms with Crippen LogP contribution in [-0.4, -0.2) is 24.3 Å². The Hall–Kier alpha value is -2.68. The molecule has 0 aliphatic carbocycles. The first-order chi connectivity index (χ1) is 14.9. The zero-order chi connectivity index (χ0) is 22.1. The van der Waals surface area contributed by atoms with Crippen molar-refractivity contribution in [1.29, 1.82) is 0 Å². The molecule has 3 aromatic rings. The van der Waals surface area contributed by atoms with Crippen LogP contribution in [0.5, 0.6) is 5.75 Å². The van der Waals surface area contributed by atoms with E-state index in [0.717, 1.165) is 4.88 Å². The maximum Gasteiger partial charge on any atom is 0.338 e. The largest absolute Gasteiger partial charge is 0.496 e. The van der Waals surface area contributed by atoms with Gasteiger partial charge in [0.2, 0.25) is 0 Å². The summed E-state index contributed by atoms with van der Waals surface area (Å²) in [4.78, 5) is 32.2. The molecule has 9 heteroatoms. The first-order valence-electron chi connectivity index (χ1n) is 9.51. The van der Waals surface area contributed by atoms with Gasteiger partial charge in [-0.1, -0.05) is 29.0 Å². The topological polar surface area (TPSA) is 69.9 Å². The molecule has 6 nitrogen and oxygen atoms in total. The number of thiazole rings is 1. The molecule has 1 aromatic carbocycles. The molecule has 0 bridgehead atoms. The molecule has 0 spiro atoms. The minimum absolute atomic E-state index is 0.238. The number of benzene rings is 1. The Kier molecular flexibility index (Phi) is 6.13. The molecule has 0 unspecified atom stereocenters. The molecule has 4 rings (SSSR count). The van der Waals surface area contributed by atoms with Crippen LogP contribution in [0.4, 0.5) is 0 Å². The van der Waals surface area contributed by atoms with E-state index in [1.54, 1.807) is 49.8 Å². The van der Waals surface area contributed by atoms with Crippen LogP contribution in [0.15, 0.2) is 56.8 Å². The summed E-state index contributed by atoms with van der Waals surface area (Å²) in [6.07, 6.45) is 1.74. The Labute approximate surface area is 191 Å². The number of allylic oxidation sites excluding steroid dienone is 1. The normalized spacial score (nSPS) is 16.1. The van der Waals surface area contributed by atoms with Crippen LogP contribution in [0.3, 0.4) is 0 Å². The van der Waals surface area contributed by atoms with Gasteiger partial charge < -0.3 is 9.47 Å². The van der Waals surface area contributed by atoms with Gasteiger partial charge in [0.25, 0.3) is 5.56 Å². The molecule has 1 atom stereocenters. The zero-order valence-electron chi connectivity index (χ0n) is 17.0. The summed E-state index contributed by atoms with van der Waals surface area (Å²) in [6.45, 7) is 3.76. The molecule has 2 aromatic heterocycles. The van der Waals surface area contributed by atoms with E-state index in [-0.39, 0.29) is 12.2 Å². The summed E-state index contributed by atoms with van der Waals surface area (Å²) in [6, 6.07) is 8.44. The number of carbonyl (C=O) groups is 1. The van der Waals surface area contributed by atoms with Crippen molar-refractivity contribution in [2.75, 3.05) is 13.7 Å². The van der Waals surface area contributed by atoms with E-state index in [4.69, 9.17) is 21.1 Å². The van der Waals surface area contributed by atoms with Crippen LogP contribution >= 0.6 is 34.3 Å². The molecule has 3 heterocycles. The molecular formula is C22H19ClN2O4S2. The third kappa shape index (κ3) is 3.98. The highest BCUT2D eigenvalue weighted by atomic mass is 35.5. The summed E-state index contributed by atoms with van der Waals surface area (Å²) >= 11 is 8.88. The Morgan fingerprint density at radius 2 is 2.16 bits per heavy atom. The monoisotopic (exact) mass is 474 g/mol. The number of nitrogens with zero attached hydrogens (tertiary/aromatic N) is 2. The van der Waals surface area contributed by atoms with Crippen LogP contribution in [0.1, 0.15) is 30.3 Å². The Bertz CT molecular complexity index is 1350. The molecule has 1 aliphatic heterocycles. The van der Waals surface area contributed by atoms with E-state index in [1.165, 1.54) is 22.7 Å². The van der Waals surface area contributed by atoms with Gasteiger partial charge in [0, 0.05) is 15.5 Å². The lowest BCUT2D eigenvalue weighted by molar-refractivity contribution is -0.139. The van der Waals surface area contributed by atoms with Crippen LogP contribution < -0.4 is 19.6 Å². The molecular weight excluding hydrogens is 456 g/mol. The lowest BCUT2D eigenvalue weighted by Crippen LogP contribution is -2.39. The van der Waals surface area contributed by atoms with Crippen molar-refractivity contribution >= 4 is 46.3 Å². The van der Waals surface area contributed by atoms with E-state index in [2.05, 4.69) is 4.99 Å². The van der Waals surface area contributed by atoms with Gasteiger partial charge in [0.1, 0.15) is 11.8 Å². The van der Waals surface area contributed by atoms with E-state index >= 15 is 0 Å². The van der Waals surface area contributed by atoms with Gasteiger partial charge >= 0.3 is 5.97 Å². The van der Waals surface area contributed by atoms with Crippen LogP contribution in [-0.2, 0) is 9.53 Å². The Morgan fingerprint density at radius 3 is 2.84 bits per heavy atom. The molecule has 0 saturated heterocycles. The van der Waals surface area contributed by atoms with Gasteiger partial charge in [0.15, 0.2) is 4.80 Å². The number of thiophene rings is 1. The SMILES string of the molecule is CCOC(=O)C1=C(C)N=c2s/c(=C\c3cc(Cl)ccc3OC)c(=O)n2[C@@H]1c1cccs1. The number of carbonyl (C=O) groups excluding carboxylic acids is 1. The van der Waals surface area contributed by atoms with Crippen LogP contribution in [0.2, 0.25) is 5.02 Å². The van der Waals surface area contributed by atoms with Crippen LogP contribution in [0.25, 0.3) is 6.08 Å². The smallest absolute Gasteiger partial charge is 0.338 e. The minimum Gasteiger partial charge on any atom is -0.496 e. The number of aromatic nitrogens is 1. The molecule has 0 fully saturated rings. The van der Waals surface area contributed by atoms with Gasteiger partial charge in [0.05, 0.1) is 29.5 Å². The second kappa shape index (κ2) is 8.82. The zero-order valence-corrected chi connectivity index (χ0v) is 19.4. The second-order valence-corrected chi connectivity index (χ2v) is 9.13. The predicted octanol–water partition coefficient (Wildman–Crippen LogP) is 3.52. The third-order valence-electron chi connectivity index (χ3n) is 4.81. The van der Waals surface area contributed by atoms with Crippen molar-refractivity contribution in [1.82, 2.24) is 4.57 Å². The number of ether oxygens (including phenoxy) is 2. The highest BCUT2D eigenvalue weighted by molar-refractivity contribution is 7.10. The van der Waals surface area contributed by atoms with Crippen molar-refractivity contribution in [3.8, 4) is 5.75 Å². The fourth-order valence-corrected chi connectivity index (χ4v) is 5.51. The summed E-state index contributed by atoms with van der Waals surface area (Å²) in [5.41, 5.74) is 1.38. The number of fused-ring (bicyclic) bond motifs is 1. The van der Waals surface area contributed by atoms with Crippen molar-refractivity contribution in [2.24, 2.45) is 4.99 Å². The quantitative estimate of drug-likeness (QED) is 0.530. The highest BCUT2D eigenvalue weighted by Gasteiger charge is 2.33. The Morgan fingerprint density at radius 1 is 1.35 bits per heavy atom. The van der Waals surface area contributed by atoms with Gasteiger partial charge in [-0.25, -0.2) is 9.79 Å². The number of methoxy groups -OCH3 is 1. The molecule has 0 N–H and O–H groups in total. The maximum atomic E-state index is 13.5. The predicted molar refractivity (Wildman–Crippen MR) is 123 cm³/mol. The van der Waals surface area contributed by atoms with Gasteiger partial charge in [-0.2, -0.15) is 0 Å². The summed E-state index contributed by atoms with van der Waals surface area (Å²) in [5.74, 6) is 0.140. The van der Waals surface area contributed by atoms with E-state index in [0.29, 0.717) is 36.9 Å². The van der Waals surface area contributed by atoms with Crippen molar-refractivity contribution < 1.29 is 14.3 Å². The summed E-state index contributed by atoms with van der Waals surface area (Å²) in [5, 5.41) is 2.46. The lowest BCUT2D eigenvalue weighted by Gasteiger charge is -2.23. The number of hydrogen-bond acceptors (Lipinski definition) is 7. The first-order valence-corrected chi connectivity index (χ1v) is 11.6. The first kappa shape index (κ1) is 21.5. The fraction of sp³-hybridized carbons (Fsp3) is 0.227. The van der Waals surface area contributed by atoms with Crippen molar-refractivity contribution in [3.63, 3.8) is 0 Å².